The molecule has 0 radical (unpaired) electrons. The number of benzene rings is 2. The molecule has 2 rings (SSSR count). The molecule has 0 aliphatic rings. The highest BCUT2D eigenvalue weighted by molar-refractivity contribution is 5.92. The Morgan fingerprint density at radius 1 is 1.05 bits per heavy atom. The van der Waals surface area contributed by atoms with Gasteiger partial charge in [0.05, 0.1) is 0 Å². The predicted octanol–water partition coefficient (Wildman–Crippen LogP) is 3.50. The molecule has 0 saturated carbocycles. The van der Waals surface area contributed by atoms with E-state index in [2.05, 4.69) is 17.2 Å². The SMILES string of the molecule is CCc1ccc(NC(N)=NCCc2cc(F)cc(F)c2)cc1. The second-order valence-corrected chi connectivity index (χ2v) is 4.97. The fourth-order valence-corrected chi connectivity index (χ4v) is 2.07. The lowest BCUT2D eigenvalue weighted by atomic mass is 10.1. The average molecular weight is 303 g/mol. The van der Waals surface area contributed by atoms with Crippen molar-refractivity contribution >= 4 is 11.6 Å². The Hall–Kier alpha value is -2.43. The summed E-state index contributed by atoms with van der Waals surface area (Å²) in [5.74, 6) is -0.886. The maximum absolute atomic E-state index is 13.1. The van der Waals surface area contributed by atoms with Crippen molar-refractivity contribution in [1.29, 1.82) is 0 Å². The molecule has 3 N–H and O–H groups in total. The average Bonchev–Trinajstić information content (AvgIpc) is 2.47. The van der Waals surface area contributed by atoms with E-state index in [1.807, 2.05) is 24.3 Å². The third-order valence-electron chi connectivity index (χ3n) is 3.24. The van der Waals surface area contributed by atoms with Gasteiger partial charge in [-0.05, 0) is 48.2 Å². The molecular formula is C17H19F2N3. The zero-order valence-corrected chi connectivity index (χ0v) is 12.4. The lowest BCUT2D eigenvalue weighted by Crippen LogP contribution is -2.23. The molecule has 3 nitrogen and oxygen atoms in total. The number of nitrogens with zero attached hydrogens (tertiary/aromatic N) is 1. The Kier molecular flexibility index (Phi) is 5.47. The monoisotopic (exact) mass is 303 g/mol. The van der Waals surface area contributed by atoms with Gasteiger partial charge in [-0.25, -0.2) is 8.78 Å². The molecule has 0 bridgehead atoms. The van der Waals surface area contributed by atoms with Crippen molar-refractivity contribution in [3.05, 3.63) is 65.2 Å². The number of nitrogens with one attached hydrogen (secondary N) is 1. The highest BCUT2D eigenvalue weighted by Crippen LogP contribution is 2.10. The Balaban J connectivity index is 1.89. The molecule has 22 heavy (non-hydrogen) atoms. The number of aliphatic imine (C=N–C) groups is 1. The van der Waals surface area contributed by atoms with Crippen molar-refractivity contribution < 1.29 is 8.78 Å². The van der Waals surface area contributed by atoms with Crippen molar-refractivity contribution in [2.75, 3.05) is 11.9 Å². The second kappa shape index (κ2) is 7.54. The van der Waals surface area contributed by atoms with Gasteiger partial charge < -0.3 is 11.1 Å². The van der Waals surface area contributed by atoms with E-state index in [-0.39, 0.29) is 5.96 Å². The normalized spacial score (nSPS) is 11.5. The number of rotatable bonds is 5. The molecule has 2 aromatic rings. The molecule has 0 unspecified atom stereocenters. The van der Waals surface area contributed by atoms with Gasteiger partial charge in [-0.15, -0.1) is 0 Å². The summed E-state index contributed by atoms with van der Waals surface area (Å²) in [5.41, 5.74) is 8.45. The smallest absolute Gasteiger partial charge is 0.193 e. The van der Waals surface area contributed by atoms with Gasteiger partial charge in [0.25, 0.3) is 0 Å². The second-order valence-electron chi connectivity index (χ2n) is 4.97. The molecule has 0 heterocycles. The van der Waals surface area contributed by atoms with Crippen LogP contribution in [0.3, 0.4) is 0 Å². The van der Waals surface area contributed by atoms with Crippen LogP contribution in [0.1, 0.15) is 18.1 Å². The number of hydrogen-bond donors (Lipinski definition) is 2. The summed E-state index contributed by atoms with van der Waals surface area (Å²) in [4.78, 5) is 4.16. The van der Waals surface area contributed by atoms with Gasteiger partial charge in [0.1, 0.15) is 11.6 Å². The highest BCUT2D eigenvalue weighted by atomic mass is 19.1. The zero-order chi connectivity index (χ0) is 15.9. The highest BCUT2D eigenvalue weighted by Gasteiger charge is 2.01. The summed E-state index contributed by atoms with van der Waals surface area (Å²) in [6.07, 6.45) is 1.40. The first kappa shape index (κ1) is 15.9. The fraction of sp³-hybridized carbons (Fsp3) is 0.235. The largest absolute Gasteiger partial charge is 0.370 e. The lowest BCUT2D eigenvalue weighted by molar-refractivity contribution is 0.579. The number of halogens is 2. The molecule has 0 fully saturated rings. The van der Waals surface area contributed by atoms with Crippen molar-refractivity contribution in [3.8, 4) is 0 Å². The zero-order valence-electron chi connectivity index (χ0n) is 12.4. The fourth-order valence-electron chi connectivity index (χ4n) is 2.07. The first-order valence-corrected chi connectivity index (χ1v) is 7.17. The third-order valence-corrected chi connectivity index (χ3v) is 3.24. The Bertz CT molecular complexity index is 631. The van der Waals surface area contributed by atoms with Crippen LogP contribution < -0.4 is 11.1 Å². The predicted molar refractivity (Wildman–Crippen MR) is 86.0 cm³/mol. The van der Waals surface area contributed by atoms with E-state index in [1.165, 1.54) is 17.7 Å². The van der Waals surface area contributed by atoms with Crippen LogP contribution in [0.15, 0.2) is 47.5 Å². The Morgan fingerprint density at radius 2 is 1.68 bits per heavy atom. The minimum Gasteiger partial charge on any atom is -0.370 e. The Labute approximate surface area is 128 Å². The van der Waals surface area contributed by atoms with Crippen molar-refractivity contribution in [3.63, 3.8) is 0 Å². The molecule has 0 aromatic heterocycles. The summed E-state index contributed by atoms with van der Waals surface area (Å²) < 4.78 is 26.1. The molecule has 0 aliphatic heterocycles. The van der Waals surface area contributed by atoms with Gasteiger partial charge in [0.2, 0.25) is 0 Å². The van der Waals surface area contributed by atoms with E-state index in [1.54, 1.807) is 0 Å². The van der Waals surface area contributed by atoms with Crippen LogP contribution in [0.2, 0.25) is 0 Å². The van der Waals surface area contributed by atoms with E-state index < -0.39 is 11.6 Å². The molecule has 5 heteroatoms. The van der Waals surface area contributed by atoms with Gasteiger partial charge >= 0.3 is 0 Å². The summed E-state index contributed by atoms with van der Waals surface area (Å²) in [6, 6.07) is 11.3. The first-order valence-electron chi connectivity index (χ1n) is 7.17. The van der Waals surface area contributed by atoms with Crippen LogP contribution in [-0.2, 0) is 12.8 Å². The van der Waals surface area contributed by atoms with Gasteiger partial charge in [-0.3, -0.25) is 4.99 Å². The molecule has 0 saturated heterocycles. The topological polar surface area (TPSA) is 50.4 Å². The van der Waals surface area contributed by atoms with Crippen LogP contribution in [0.25, 0.3) is 0 Å². The quantitative estimate of drug-likeness (QED) is 0.656. The Morgan fingerprint density at radius 3 is 2.27 bits per heavy atom. The maximum Gasteiger partial charge on any atom is 0.193 e. The number of nitrogens with two attached hydrogens (primary N) is 1. The van der Waals surface area contributed by atoms with Gasteiger partial charge in [-0.2, -0.15) is 0 Å². The van der Waals surface area contributed by atoms with Crippen LogP contribution in [0.4, 0.5) is 14.5 Å². The van der Waals surface area contributed by atoms with E-state index >= 15 is 0 Å². The molecule has 0 amide bonds. The number of guanidine groups is 1. The number of hydrogen-bond acceptors (Lipinski definition) is 1. The van der Waals surface area contributed by atoms with E-state index in [4.69, 9.17) is 5.73 Å². The van der Waals surface area contributed by atoms with E-state index in [0.29, 0.717) is 18.5 Å². The minimum absolute atomic E-state index is 0.279. The van der Waals surface area contributed by atoms with Crippen LogP contribution in [0, 0.1) is 11.6 Å². The number of anilines is 1. The third kappa shape index (κ3) is 4.84. The standard InChI is InChI=1S/C17H19F2N3/c1-2-12-3-5-16(6-4-12)22-17(20)21-8-7-13-9-14(18)11-15(19)10-13/h3-6,9-11H,2,7-8H2,1H3,(H3,20,21,22). The molecule has 0 atom stereocenters. The van der Waals surface area contributed by atoms with Crippen molar-refractivity contribution in [1.82, 2.24) is 0 Å². The van der Waals surface area contributed by atoms with Gasteiger partial charge in [0, 0.05) is 18.3 Å². The summed E-state index contributed by atoms with van der Waals surface area (Å²) in [7, 11) is 0. The molecule has 116 valence electrons. The van der Waals surface area contributed by atoms with E-state index in [0.717, 1.165) is 18.2 Å². The lowest BCUT2D eigenvalue weighted by Gasteiger charge is -2.06. The van der Waals surface area contributed by atoms with E-state index in [9.17, 15) is 8.78 Å². The summed E-state index contributed by atoms with van der Waals surface area (Å²) >= 11 is 0. The number of aryl methyl sites for hydroxylation is 1. The van der Waals surface area contributed by atoms with Crippen molar-refractivity contribution in [2.24, 2.45) is 10.7 Å². The first-order chi connectivity index (χ1) is 10.6. The van der Waals surface area contributed by atoms with Crippen LogP contribution >= 0.6 is 0 Å². The summed E-state index contributed by atoms with van der Waals surface area (Å²) in [5, 5.41) is 2.98. The van der Waals surface area contributed by atoms with Gasteiger partial charge in [0.15, 0.2) is 5.96 Å². The van der Waals surface area contributed by atoms with Crippen molar-refractivity contribution in [2.45, 2.75) is 19.8 Å². The van der Waals surface area contributed by atoms with Crippen LogP contribution in [-0.4, -0.2) is 12.5 Å². The van der Waals surface area contributed by atoms with Crippen LogP contribution in [0.5, 0.6) is 0 Å². The summed E-state index contributed by atoms with van der Waals surface area (Å²) in [6.45, 7) is 2.45. The maximum atomic E-state index is 13.1. The molecule has 0 spiro atoms. The van der Waals surface area contributed by atoms with Gasteiger partial charge in [-0.1, -0.05) is 19.1 Å². The molecule has 0 aliphatic carbocycles. The minimum atomic E-state index is -0.582. The molecular weight excluding hydrogens is 284 g/mol. The molecule has 2 aromatic carbocycles.